The summed E-state index contributed by atoms with van der Waals surface area (Å²) in [6.45, 7) is 2.40. The van der Waals surface area contributed by atoms with E-state index in [1.54, 1.807) is 34.6 Å². The highest BCUT2D eigenvalue weighted by molar-refractivity contribution is 7.09. The number of nitrogens with zero attached hydrogens (tertiary/aromatic N) is 2. The third kappa shape index (κ3) is 3.43. The third-order valence-corrected chi connectivity index (χ3v) is 4.23. The summed E-state index contributed by atoms with van der Waals surface area (Å²) in [5.74, 6) is 0.00570. The van der Waals surface area contributed by atoms with Crippen LogP contribution in [-0.2, 0) is 13.0 Å². The lowest BCUT2D eigenvalue weighted by atomic mass is 10.1. The van der Waals surface area contributed by atoms with Gasteiger partial charge in [0.1, 0.15) is 0 Å². The van der Waals surface area contributed by atoms with Crippen LogP contribution in [-0.4, -0.2) is 28.9 Å². The molecule has 0 bridgehead atoms. The Morgan fingerprint density at radius 2 is 2.30 bits per heavy atom. The number of rotatable bonds is 5. The van der Waals surface area contributed by atoms with E-state index in [4.69, 9.17) is 5.73 Å². The Morgan fingerprint density at radius 1 is 1.50 bits per heavy atom. The Labute approximate surface area is 123 Å². The second kappa shape index (κ2) is 6.63. The number of amides is 1. The van der Waals surface area contributed by atoms with E-state index < -0.39 is 0 Å². The molecular formula is C15H19N3OS. The molecule has 20 heavy (non-hydrogen) atoms. The van der Waals surface area contributed by atoms with Crippen LogP contribution < -0.4 is 5.73 Å². The number of aromatic nitrogens is 1. The van der Waals surface area contributed by atoms with Crippen molar-refractivity contribution < 1.29 is 4.79 Å². The zero-order valence-electron chi connectivity index (χ0n) is 11.7. The number of nitrogens with two attached hydrogens (primary N) is 1. The van der Waals surface area contributed by atoms with Gasteiger partial charge in [0.15, 0.2) is 0 Å². The summed E-state index contributed by atoms with van der Waals surface area (Å²) < 4.78 is 0. The van der Waals surface area contributed by atoms with Crippen molar-refractivity contribution in [1.29, 1.82) is 0 Å². The van der Waals surface area contributed by atoms with Crippen molar-refractivity contribution in [3.8, 4) is 0 Å². The summed E-state index contributed by atoms with van der Waals surface area (Å²) >= 11 is 1.72. The molecule has 0 aliphatic rings. The van der Waals surface area contributed by atoms with Crippen LogP contribution in [0.4, 0.5) is 0 Å². The Balaban J connectivity index is 2.07. The van der Waals surface area contributed by atoms with E-state index in [-0.39, 0.29) is 11.9 Å². The van der Waals surface area contributed by atoms with Gasteiger partial charge in [0.2, 0.25) is 0 Å². The van der Waals surface area contributed by atoms with Gasteiger partial charge in [-0.25, -0.2) is 0 Å². The van der Waals surface area contributed by atoms with Crippen LogP contribution in [0.3, 0.4) is 0 Å². The van der Waals surface area contributed by atoms with Gasteiger partial charge in [-0.2, -0.15) is 0 Å². The molecular weight excluding hydrogens is 270 g/mol. The molecule has 0 spiro atoms. The fraction of sp³-hybridized carbons (Fsp3) is 0.333. The first-order valence-electron chi connectivity index (χ1n) is 6.56. The van der Waals surface area contributed by atoms with Gasteiger partial charge in [-0.3, -0.25) is 9.78 Å². The van der Waals surface area contributed by atoms with E-state index in [1.165, 1.54) is 4.88 Å². The Kier molecular flexibility index (Phi) is 4.87. The second-order valence-electron chi connectivity index (χ2n) is 4.79. The van der Waals surface area contributed by atoms with Crippen LogP contribution in [0.2, 0.25) is 0 Å². The minimum absolute atomic E-state index is 0.00570. The van der Waals surface area contributed by atoms with E-state index >= 15 is 0 Å². The van der Waals surface area contributed by atoms with Gasteiger partial charge in [-0.1, -0.05) is 6.07 Å². The molecule has 0 saturated heterocycles. The number of hydrogen-bond acceptors (Lipinski definition) is 4. The van der Waals surface area contributed by atoms with Gasteiger partial charge in [0, 0.05) is 42.7 Å². The lowest BCUT2D eigenvalue weighted by Crippen LogP contribution is -2.36. The Hall–Kier alpha value is -1.72. The fourth-order valence-electron chi connectivity index (χ4n) is 1.98. The summed E-state index contributed by atoms with van der Waals surface area (Å²) in [4.78, 5) is 19.6. The molecule has 106 valence electrons. The van der Waals surface area contributed by atoms with Crippen molar-refractivity contribution in [2.75, 3.05) is 7.05 Å². The SMILES string of the molecule is CC(Cc1cccs1)N(C)C(=O)c1ccnc(CN)c1. The van der Waals surface area contributed by atoms with E-state index in [1.807, 2.05) is 13.1 Å². The topological polar surface area (TPSA) is 59.2 Å². The van der Waals surface area contributed by atoms with Gasteiger partial charge in [-0.05, 0) is 30.5 Å². The maximum Gasteiger partial charge on any atom is 0.253 e. The molecule has 1 atom stereocenters. The number of hydrogen-bond donors (Lipinski definition) is 1. The Morgan fingerprint density at radius 3 is 2.95 bits per heavy atom. The number of carbonyl (C=O) groups is 1. The van der Waals surface area contributed by atoms with Crippen molar-refractivity contribution in [1.82, 2.24) is 9.88 Å². The smallest absolute Gasteiger partial charge is 0.253 e. The Bertz CT molecular complexity index is 568. The van der Waals surface area contributed by atoms with Gasteiger partial charge in [0.05, 0.1) is 5.69 Å². The molecule has 1 unspecified atom stereocenters. The summed E-state index contributed by atoms with van der Waals surface area (Å²) in [6.07, 6.45) is 2.50. The largest absolute Gasteiger partial charge is 0.339 e. The van der Waals surface area contributed by atoms with Gasteiger partial charge < -0.3 is 10.6 Å². The highest BCUT2D eigenvalue weighted by atomic mass is 32.1. The molecule has 2 aromatic heterocycles. The highest BCUT2D eigenvalue weighted by Gasteiger charge is 2.18. The predicted molar refractivity (Wildman–Crippen MR) is 81.7 cm³/mol. The van der Waals surface area contributed by atoms with E-state index in [0.29, 0.717) is 12.1 Å². The van der Waals surface area contributed by atoms with Crippen LogP contribution in [0.25, 0.3) is 0 Å². The van der Waals surface area contributed by atoms with Gasteiger partial charge >= 0.3 is 0 Å². The maximum absolute atomic E-state index is 12.4. The van der Waals surface area contributed by atoms with Crippen molar-refractivity contribution in [3.63, 3.8) is 0 Å². The number of thiophene rings is 1. The minimum Gasteiger partial charge on any atom is -0.339 e. The zero-order valence-corrected chi connectivity index (χ0v) is 12.6. The van der Waals surface area contributed by atoms with Crippen molar-refractivity contribution in [2.45, 2.75) is 25.9 Å². The van der Waals surface area contributed by atoms with Crippen LogP contribution in [0.1, 0.15) is 27.9 Å². The number of pyridine rings is 1. The van der Waals surface area contributed by atoms with Crippen molar-refractivity contribution in [2.24, 2.45) is 5.73 Å². The molecule has 4 nitrogen and oxygen atoms in total. The van der Waals surface area contributed by atoms with E-state index in [0.717, 1.165) is 12.1 Å². The molecule has 0 aliphatic heterocycles. The molecule has 1 amide bonds. The highest BCUT2D eigenvalue weighted by Crippen LogP contribution is 2.15. The first kappa shape index (κ1) is 14.7. The first-order valence-corrected chi connectivity index (χ1v) is 7.44. The summed E-state index contributed by atoms with van der Waals surface area (Å²) in [5.41, 5.74) is 6.93. The third-order valence-electron chi connectivity index (χ3n) is 3.33. The standard InChI is InChI=1S/C15H19N3OS/c1-11(8-14-4-3-7-20-14)18(2)15(19)12-5-6-17-13(9-12)10-16/h3-7,9,11H,8,10,16H2,1-2H3. The first-order chi connectivity index (χ1) is 9.61. The minimum atomic E-state index is 0.00570. The predicted octanol–water partition coefficient (Wildman–Crippen LogP) is 2.30. The molecule has 0 aromatic carbocycles. The molecule has 0 aliphatic carbocycles. The molecule has 0 saturated carbocycles. The van der Waals surface area contributed by atoms with Gasteiger partial charge in [-0.15, -0.1) is 11.3 Å². The van der Waals surface area contributed by atoms with E-state index in [2.05, 4.69) is 23.4 Å². The van der Waals surface area contributed by atoms with E-state index in [9.17, 15) is 4.79 Å². The average Bonchev–Trinajstić information content (AvgIpc) is 2.98. The van der Waals surface area contributed by atoms with Crippen LogP contribution in [0.5, 0.6) is 0 Å². The fourth-order valence-corrected chi connectivity index (χ4v) is 2.81. The van der Waals surface area contributed by atoms with Crippen LogP contribution in [0, 0.1) is 0 Å². The van der Waals surface area contributed by atoms with Crippen LogP contribution >= 0.6 is 11.3 Å². The monoisotopic (exact) mass is 289 g/mol. The van der Waals surface area contributed by atoms with Gasteiger partial charge in [0.25, 0.3) is 5.91 Å². The maximum atomic E-state index is 12.4. The quantitative estimate of drug-likeness (QED) is 0.919. The van der Waals surface area contributed by atoms with Crippen LogP contribution in [0.15, 0.2) is 35.8 Å². The normalized spacial score (nSPS) is 12.2. The number of carbonyl (C=O) groups excluding carboxylic acids is 1. The second-order valence-corrected chi connectivity index (χ2v) is 5.82. The number of likely N-dealkylation sites (N-methyl/N-ethyl adjacent to an activating group) is 1. The molecule has 2 aromatic rings. The van der Waals surface area contributed by atoms with Crippen molar-refractivity contribution >= 4 is 17.2 Å². The zero-order chi connectivity index (χ0) is 14.5. The van der Waals surface area contributed by atoms with Crippen molar-refractivity contribution in [3.05, 3.63) is 52.0 Å². The molecule has 2 rings (SSSR count). The lowest BCUT2D eigenvalue weighted by Gasteiger charge is -2.24. The lowest BCUT2D eigenvalue weighted by molar-refractivity contribution is 0.0743. The summed E-state index contributed by atoms with van der Waals surface area (Å²) in [5, 5.41) is 2.06. The molecule has 0 radical (unpaired) electrons. The molecule has 2 heterocycles. The average molecular weight is 289 g/mol. The molecule has 5 heteroatoms. The summed E-state index contributed by atoms with van der Waals surface area (Å²) in [6, 6.07) is 7.77. The molecule has 2 N–H and O–H groups in total. The molecule has 0 fully saturated rings. The summed E-state index contributed by atoms with van der Waals surface area (Å²) in [7, 11) is 1.84.